The number of aryl methyl sites for hydroxylation is 1. The Bertz CT molecular complexity index is 721. The molecule has 0 spiro atoms. The Morgan fingerprint density at radius 3 is 2.62 bits per heavy atom. The van der Waals surface area contributed by atoms with E-state index >= 15 is 0 Å². The molecule has 5 nitrogen and oxygen atoms in total. The maximum absolute atomic E-state index is 4.70. The third kappa shape index (κ3) is 5.59. The number of guanidine groups is 1. The molecule has 2 rings (SSSR count). The molecule has 0 bridgehead atoms. The van der Waals surface area contributed by atoms with Crippen LogP contribution in [0.5, 0.6) is 0 Å². The van der Waals surface area contributed by atoms with Crippen LogP contribution in [0.25, 0.3) is 5.69 Å². The summed E-state index contributed by atoms with van der Waals surface area (Å²) in [5.41, 5.74) is 4.49. The van der Waals surface area contributed by atoms with Gasteiger partial charge in [0.15, 0.2) is 5.96 Å². The van der Waals surface area contributed by atoms with Crippen molar-refractivity contribution in [1.82, 2.24) is 20.0 Å². The molecule has 0 saturated heterocycles. The van der Waals surface area contributed by atoms with E-state index in [1.165, 1.54) is 5.56 Å². The first-order valence-corrected chi connectivity index (χ1v) is 8.71. The molecule has 0 fully saturated rings. The number of nitrogens with zero attached hydrogens (tertiary/aromatic N) is 4. The Morgan fingerprint density at radius 1 is 1.31 bits per heavy atom. The molecular formula is C20H30IN5. The minimum atomic E-state index is 0. The number of halogens is 1. The summed E-state index contributed by atoms with van der Waals surface area (Å²) in [4.78, 5) is 6.53. The monoisotopic (exact) mass is 467 g/mol. The van der Waals surface area contributed by atoms with Gasteiger partial charge in [-0.05, 0) is 38.8 Å². The second-order valence-electron chi connectivity index (χ2n) is 6.15. The summed E-state index contributed by atoms with van der Waals surface area (Å²) in [5, 5.41) is 8.16. The molecule has 2 aromatic rings. The van der Waals surface area contributed by atoms with E-state index in [1.807, 2.05) is 36.0 Å². The summed E-state index contributed by atoms with van der Waals surface area (Å²) in [6.45, 7) is 9.60. The first-order valence-electron chi connectivity index (χ1n) is 8.71. The average molecular weight is 467 g/mol. The molecule has 1 aromatic heterocycles. The Balaban J connectivity index is 0.00000338. The number of unbranched alkanes of at least 4 members (excludes halogenated alkanes) is 1. The molecule has 0 saturated carbocycles. The lowest BCUT2D eigenvalue weighted by Gasteiger charge is -2.22. The van der Waals surface area contributed by atoms with Crippen molar-refractivity contribution in [3.05, 3.63) is 59.9 Å². The average Bonchev–Trinajstić information content (AvgIpc) is 2.91. The molecule has 0 aliphatic rings. The van der Waals surface area contributed by atoms with Crippen molar-refractivity contribution < 1.29 is 0 Å². The van der Waals surface area contributed by atoms with Gasteiger partial charge in [-0.1, -0.05) is 24.3 Å². The fraction of sp³-hybridized carbons (Fsp3) is 0.400. The van der Waals surface area contributed by atoms with Gasteiger partial charge in [0.2, 0.25) is 0 Å². The molecule has 142 valence electrons. The van der Waals surface area contributed by atoms with Crippen molar-refractivity contribution in [2.75, 3.05) is 20.6 Å². The quantitative estimate of drug-likeness (QED) is 0.220. The largest absolute Gasteiger partial charge is 0.352 e. The van der Waals surface area contributed by atoms with Gasteiger partial charge in [-0.15, -0.1) is 30.6 Å². The van der Waals surface area contributed by atoms with E-state index in [-0.39, 0.29) is 24.0 Å². The number of allylic oxidation sites excluding steroid dienone is 1. The lowest BCUT2D eigenvalue weighted by molar-refractivity contribution is 0.469. The number of para-hydroxylation sites is 1. The molecule has 0 unspecified atom stereocenters. The Labute approximate surface area is 174 Å². The first-order chi connectivity index (χ1) is 12.1. The molecule has 1 aromatic carbocycles. The van der Waals surface area contributed by atoms with Crippen molar-refractivity contribution in [2.45, 2.75) is 33.2 Å². The SMILES string of the molecule is C=CCCCN(C)C(=NC)NCc1c(C)nn(-c2ccccc2)c1C.I. The van der Waals surface area contributed by atoms with Crippen LogP contribution < -0.4 is 5.32 Å². The zero-order chi connectivity index (χ0) is 18.2. The van der Waals surface area contributed by atoms with Gasteiger partial charge in [-0.2, -0.15) is 5.10 Å². The minimum Gasteiger partial charge on any atom is -0.352 e. The molecule has 0 amide bonds. The smallest absolute Gasteiger partial charge is 0.193 e. The topological polar surface area (TPSA) is 45.4 Å². The highest BCUT2D eigenvalue weighted by atomic mass is 127. The van der Waals surface area contributed by atoms with E-state index in [0.29, 0.717) is 6.54 Å². The van der Waals surface area contributed by atoms with E-state index in [2.05, 4.69) is 54.8 Å². The van der Waals surface area contributed by atoms with Gasteiger partial charge >= 0.3 is 0 Å². The molecule has 0 aliphatic heterocycles. The number of benzene rings is 1. The zero-order valence-corrected chi connectivity index (χ0v) is 18.5. The second-order valence-corrected chi connectivity index (χ2v) is 6.15. The summed E-state index contributed by atoms with van der Waals surface area (Å²) < 4.78 is 2.00. The third-order valence-corrected chi connectivity index (χ3v) is 4.34. The second kappa shape index (κ2) is 11.0. The van der Waals surface area contributed by atoms with Gasteiger partial charge in [0.1, 0.15) is 0 Å². The summed E-state index contributed by atoms with van der Waals surface area (Å²) in [6, 6.07) is 10.2. The van der Waals surface area contributed by atoms with Crippen LogP contribution in [0.15, 0.2) is 48.0 Å². The fourth-order valence-corrected chi connectivity index (χ4v) is 2.88. The van der Waals surface area contributed by atoms with Crippen molar-refractivity contribution in [1.29, 1.82) is 0 Å². The maximum Gasteiger partial charge on any atom is 0.193 e. The van der Waals surface area contributed by atoms with Crippen LogP contribution in [0.1, 0.15) is 29.8 Å². The first kappa shape index (κ1) is 22.2. The number of hydrogen-bond donors (Lipinski definition) is 1. The van der Waals surface area contributed by atoms with Gasteiger partial charge in [-0.25, -0.2) is 4.68 Å². The number of hydrogen-bond acceptors (Lipinski definition) is 2. The molecule has 1 N–H and O–H groups in total. The van der Waals surface area contributed by atoms with Gasteiger partial charge in [0.25, 0.3) is 0 Å². The number of aromatic nitrogens is 2. The van der Waals surface area contributed by atoms with Crippen molar-refractivity contribution in [3.63, 3.8) is 0 Å². The molecular weight excluding hydrogens is 437 g/mol. The Hall–Kier alpha value is -1.83. The minimum absolute atomic E-state index is 0. The van der Waals surface area contributed by atoms with Gasteiger partial charge in [0.05, 0.1) is 11.4 Å². The Morgan fingerprint density at radius 2 is 2.00 bits per heavy atom. The Kier molecular flexibility index (Phi) is 9.40. The van der Waals surface area contributed by atoms with E-state index in [0.717, 1.165) is 42.4 Å². The fourth-order valence-electron chi connectivity index (χ4n) is 2.88. The molecule has 26 heavy (non-hydrogen) atoms. The molecule has 0 atom stereocenters. The highest BCUT2D eigenvalue weighted by Crippen LogP contribution is 2.17. The molecule has 0 radical (unpaired) electrons. The summed E-state index contributed by atoms with van der Waals surface area (Å²) >= 11 is 0. The lowest BCUT2D eigenvalue weighted by atomic mass is 10.2. The molecule has 1 heterocycles. The van der Waals surface area contributed by atoms with E-state index < -0.39 is 0 Å². The third-order valence-electron chi connectivity index (χ3n) is 4.34. The standard InChI is InChI=1S/C20H29N5.HI/c1-6-7-11-14-24(5)20(21-4)22-15-19-16(2)23-25(17(19)3)18-12-9-8-10-13-18;/h6,8-10,12-13H,1,7,11,14-15H2,2-5H3,(H,21,22);1H. The van der Waals surface area contributed by atoms with E-state index in [9.17, 15) is 0 Å². The predicted octanol–water partition coefficient (Wildman–Crippen LogP) is 4.08. The van der Waals surface area contributed by atoms with Crippen LogP contribution in [0, 0.1) is 13.8 Å². The van der Waals surface area contributed by atoms with Crippen molar-refractivity contribution in [2.24, 2.45) is 4.99 Å². The summed E-state index contributed by atoms with van der Waals surface area (Å²) in [5.74, 6) is 0.898. The van der Waals surface area contributed by atoms with Crippen molar-refractivity contribution >= 4 is 29.9 Å². The van der Waals surface area contributed by atoms with Crippen LogP contribution in [0.3, 0.4) is 0 Å². The van der Waals surface area contributed by atoms with Gasteiger partial charge in [-0.3, -0.25) is 4.99 Å². The number of rotatable bonds is 7. The van der Waals surface area contributed by atoms with Crippen LogP contribution in [0.2, 0.25) is 0 Å². The highest BCUT2D eigenvalue weighted by Gasteiger charge is 2.14. The predicted molar refractivity (Wildman–Crippen MR) is 121 cm³/mol. The molecule has 6 heteroatoms. The van der Waals surface area contributed by atoms with Crippen molar-refractivity contribution in [3.8, 4) is 5.69 Å². The summed E-state index contributed by atoms with van der Waals surface area (Å²) in [7, 11) is 3.88. The van der Waals surface area contributed by atoms with Crippen LogP contribution in [0.4, 0.5) is 0 Å². The lowest BCUT2D eigenvalue weighted by Crippen LogP contribution is -2.39. The number of aliphatic imine (C=N–C) groups is 1. The van der Waals surface area contributed by atoms with Crippen LogP contribution in [-0.2, 0) is 6.54 Å². The van der Waals surface area contributed by atoms with E-state index in [4.69, 9.17) is 5.10 Å². The van der Waals surface area contributed by atoms with Gasteiger partial charge < -0.3 is 10.2 Å². The van der Waals surface area contributed by atoms with Crippen LogP contribution >= 0.6 is 24.0 Å². The number of nitrogens with one attached hydrogen (secondary N) is 1. The van der Waals surface area contributed by atoms with E-state index in [1.54, 1.807) is 0 Å². The summed E-state index contributed by atoms with van der Waals surface area (Å²) in [6.07, 6.45) is 4.04. The maximum atomic E-state index is 4.70. The van der Waals surface area contributed by atoms with Crippen LogP contribution in [-0.4, -0.2) is 41.3 Å². The van der Waals surface area contributed by atoms with Gasteiger partial charge in [0, 0.05) is 38.4 Å². The normalized spacial score (nSPS) is 11.0. The zero-order valence-electron chi connectivity index (χ0n) is 16.2. The highest BCUT2D eigenvalue weighted by molar-refractivity contribution is 14.0. The molecule has 0 aliphatic carbocycles.